The standard InChI is InChI=1S/C25H34O6/c1-16(26)12-22-21(11-10-20-8-6-5-7-9-20)23(13-17(2)27)25(15-30-19(4)29)31-24(22)14-18(3)28/h5-9,21-25H,10-15H2,1-4H3/t21-,22+,23+,24-,25-/m1/s1. The van der Waals surface area contributed by atoms with E-state index in [0.717, 1.165) is 12.8 Å². The lowest BCUT2D eigenvalue weighted by molar-refractivity contribution is -0.182. The van der Waals surface area contributed by atoms with Crippen molar-refractivity contribution in [2.75, 3.05) is 6.61 Å². The molecule has 0 aliphatic carbocycles. The van der Waals surface area contributed by atoms with Crippen molar-refractivity contribution in [3.63, 3.8) is 0 Å². The lowest BCUT2D eigenvalue weighted by Crippen LogP contribution is -2.51. The third-order valence-electron chi connectivity index (χ3n) is 6.00. The Morgan fingerprint density at radius 1 is 0.774 bits per heavy atom. The summed E-state index contributed by atoms with van der Waals surface area (Å²) in [5, 5.41) is 0. The van der Waals surface area contributed by atoms with E-state index in [1.165, 1.54) is 19.4 Å². The topological polar surface area (TPSA) is 86.7 Å². The van der Waals surface area contributed by atoms with Crippen molar-refractivity contribution in [1.82, 2.24) is 0 Å². The molecule has 0 saturated carbocycles. The predicted octanol–water partition coefficient (Wildman–Crippen LogP) is 3.74. The summed E-state index contributed by atoms with van der Waals surface area (Å²) in [5.41, 5.74) is 1.18. The number of carbonyl (C=O) groups excluding carboxylic acids is 4. The second-order valence-corrected chi connectivity index (χ2v) is 8.75. The van der Waals surface area contributed by atoms with Gasteiger partial charge in [0.2, 0.25) is 0 Å². The molecule has 1 fully saturated rings. The number of ether oxygens (including phenoxy) is 2. The van der Waals surface area contributed by atoms with E-state index in [9.17, 15) is 19.2 Å². The molecule has 0 bridgehead atoms. The molecule has 170 valence electrons. The molecule has 6 heteroatoms. The van der Waals surface area contributed by atoms with Crippen molar-refractivity contribution in [2.45, 2.75) is 72.0 Å². The second-order valence-electron chi connectivity index (χ2n) is 8.75. The third kappa shape index (κ3) is 8.02. The fourth-order valence-corrected chi connectivity index (χ4v) is 4.78. The molecule has 1 aliphatic rings. The normalized spacial score (nSPS) is 25.6. The first-order valence-corrected chi connectivity index (χ1v) is 11.0. The Bertz CT molecular complexity index is 771. The summed E-state index contributed by atoms with van der Waals surface area (Å²) in [6, 6.07) is 10.1. The highest BCUT2D eigenvalue weighted by molar-refractivity contribution is 5.78. The van der Waals surface area contributed by atoms with Crippen LogP contribution >= 0.6 is 0 Å². The van der Waals surface area contributed by atoms with Crippen LogP contribution < -0.4 is 0 Å². The maximum absolute atomic E-state index is 12.1. The molecule has 0 amide bonds. The van der Waals surface area contributed by atoms with Gasteiger partial charge in [0.05, 0.1) is 12.2 Å². The first-order chi connectivity index (χ1) is 14.7. The lowest BCUT2D eigenvalue weighted by atomic mass is 9.67. The molecular weight excluding hydrogens is 396 g/mol. The zero-order valence-corrected chi connectivity index (χ0v) is 19.0. The summed E-state index contributed by atoms with van der Waals surface area (Å²) in [5.74, 6) is -0.732. The van der Waals surface area contributed by atoms with Gasteiger partial charge in [0.15, 0.2) is 0 Å². The van der Waals surface area contributed by atoms with Gasteiger partial charge >= 0.3 is 5.97 Å². The summed E-state index contributed by atoms with van der Waals surface area (Å²) in [7, 11) is 0. The van der Waals surface area contributed by atoms with Gasteiger partial charge in [0.25, 0.3) is 0 Å². The van der Waals surface area contributed by atoms with Crippen LogP contribution in [0.4, 0.5) is 0 Å². The van der Waals surface area contributed by atoms with Crippen LogP contribution in [0.25, 0.3) is 0 Å². The quantitative estimate of drug-likeness (QED) is 0.497. The predicted molar refractivity (Wildman–Crippen MR) is 116 cm³/mol. The largest absolute Gasteiger partial charge is 0.463 e. The average molecular weight is 431 g/mol. The maximum Gasteiger partial charge on any atom is 0.302 e. The fourth-order valence-electron chi connectivity index (χ4n) is 4.78. The lowest BCUT2D eigenvalue weighted by Gasteiger charge is -2.47. The Balaban J connectivity index is 2.38. The van der Waals surface area contributed by atoms with Gasteiger partial charge in [-0.05, 0) is 56.9 Å². The molecule has 1 aromatic carbocycles. The van der Waals surface area contributed by atoms with Gasteiger partial charge in [-0.1, -0.05) is 30.3 Å². The van der Waals surface area contributed by atoms with Crippen molar-refractivity contribution in [1.29, 1.82) is 0 Å². The highest BCUT2D eigenvalue weighted by atomic mass is 16.6. The van der Waals surface area contributed by atoms with Gasteiger partial charge in [-0.3, -0.25) is 9.59 Å². The van der Waals surface area contributed by atoms with Gasteiger partial charge in [0.1, 0.15) is 24.0 Å². The summed E-state index contributed by atoms with van der Waals surface area (Å²) in [6.45, 7) is 5.97. The van der Waals surface area contributed by atoms with Gasteiger partial charge in [-0.2, -0.15) is 0 Å². The van der Waals surface area contributed by atoms with Gasteiger partial charge in [-0.25, -0.2) is 0 Å². The minimum atomic E-state index is -0.485. The first kappa shape index (κ1) is 24.9. The van der Waals surface area contributed by atoms with Crippen molar-refractivity contribution in [2.24, 2.45) is 17.8 Å². The fraction of sp³-hybridized carbons (Fsp3) is 0.600. The minimum absolute atomic E-state index is 0.00772. The van der Waals surface area contributed by atoms with E-state index < -0.39 is 18.2 Å². The average Bonchev–Trinajstić information content (AvgIpc) is 2.67. The molecule has 1 heterocycles. The Hall–Kier alpha value is -2.34. The molecule has 0 aromatic heterocycles. The number of aryl methyl sites for hydroxylation is 1. The van der Waals surface area contributed by atoms with Crippen molar-refractivity contribution in [3.8, 4) is 0 Å². The molecule has 1 aromatic rings. The van der Waals surface area contributed by atoms with Crippen LogP contribution in [0.15, 0.2) is 30.3 Å². The number of esters is 1. The molecule has 0 spiro atoms. The Labute approximate surface area is 184 Å². The number of rotatable bonds is 11. The molecule has 0 N–H and O–H groups in total. The Morgan fingerprint density at radius 3 is 1.84 bits per heavy atom. The third-order valence-corrected chi connectivity index (χ3v) is 6.00. The van der Waals surface area contributed by atoms with Crippen molar-refractivity contribution in [3.05, 3.63) is 35.9 Å². The number of benzene rings is 1. The van der Waals surface area contributed by atoms with Crippen LogP contribution in [0.1, 0.15) is 58.9 Å². The van der Waals surface area contributed by atoms with E-state index in [2.05, 4.69) is 12.1 Å². The van der Waals surface area contributed by atoms with E-state index in [4.69, 9.17) is 9.47 Å². The minimum Gasteiger partial charge on any atom is -0.463 e. The van der Waals surface area contributed by atoms with E-state index in [0.29, 0.717) is 6.42 Å². The van der Waals surface area contributed by atoms with E-state index in [1.807, 2.05) is 18.2 Å². The highest BCUT2D eigenvalue weighted by Crippen LogP contribution is 2.43. The summed E-state index contributed by atoms with van der Waals surface area (Å²) >= 11 is 0. The smallest absolute Gasteiger partial charge is 0.302 e. The number of hydrogen-bond donors (Lipinski definition) is 0. The molecule has 5 atom stereocenters. The second kappa shape index (κ2) is 11.9. The number of ketones is 3. The maximum atomic E-state index is 12.1. The molecule has 1 saturated heterocycles. The van der Waals surface area contributed by atoms with E-state index in [-0.39, 0.29) is 54.6 Å². The molecule has 0 radical (unpaired) electrons. The van der Waals surface area contributed by atoms with Gasteiger partial charge in [-0.15, -0.1) is 0 Å². The summed E-state index contributed by atoms with van der Waals surface area (Å²) < 4.78 is 11.5. The van der Waals surface area contributed by atoms with Gasteiger partial charge in [0, 0.05) is 26.2 Å². The first-order valence-electron chi connectivity index (χ1n) is 11.0. The Morgan fingerprint density at radius 2 is 1.32 bits per heavy atom. The van der Waals surface area contributed by atoms with E-state index >= 15 is 0 Å². The molecule has 0 unspecified atom stereocenters. The molecule has 1 aliphatic heterocycles. The van der Waals surface area contributed by atoms with Crippen LogP contribution in [-0.4, -0.2) is 42.1 Å². The summed E-state index contributed by atoms with van der Waals surface area (Å²) in [4.78, 5) is 47.6. The van der Waals surface area contributed by atoms with Gasteiger partial charge < -0.3 is 19.1 Å². The van der Waals surface area contributed by atoms with Crippen LogP contribution in [0.3, 0.4) is 0 Å². The number of hydrogen-bond acceptors (Lipinski definition) is 6. The molecule has 31 heavy (non-hydrogen) atoms. The van der Waals surface area contributed by atoms with Crippen molar-refractivity contribution >= 4 is 23.3 Å². The van der Waals surface area contributed by atoms with Crippen molar-refractivity contribution < 1.29 is 28.7 Å². The molecule has 6 nitrogen and oxygen atoms in total. The summed E-state index contributed by atoms with van der Waals surface area (Å²) in [6.07, 6.45) is 1.41. The molecule has 2 rings (SSSR count). The number of carbonyl (C=O) groups is 4. The number of Topliss-reactive ketones (excluding diaryl/α,β-unsaturated/α-hetero) is 3. The Kier molecular flexibility index (Phi) is 9.56. The molecular formula is C25H34O6. The van der Waals surface area contributed by atoms with Crippen LogP contribution in [0, 0.1) is 17.8 Å². The monoisotopic (exact) mass is 430 g/mol. The SMILES string of the molecule is CC(=O)C[C@H]1[C@H](CCc2ccccc2)[C@H](CC(C)=O)[C@@H](CC(C)=O)O[C@@H]1COC(C)=O. The highest BCUT2D eigenvalue weighted by Gasteiger charge is 2.46. The zero-order chi connectivity index (χ0) is 23.0. The van der Waals surface area contributed by atoms with E-state index in [1.54, 1.807) is 13.8 Å². The zero-order valence-electron chi connectivity index (χ0n) is 19.0. The van der Waals surface area contributed by atoms with Crippen LogP contribution in [0.5, 0.6) is 0 Å². The van der Waals surface area contributed by atoms with Crippen LogP contribution in [-0.2, 0) is 35.1 Å². The van der Waals surface area contributed by atoms with Crippen LogP contribution in [0.2, 0.25) is 0 Å².